The first-order valence-corrected chi connectivity index (χ1v) is 4.06. The molecule has 0 aliphatic heterocycles. The van der Waals surface area contributed by atoms with E-state index < -0.39 is 11.6 Å². The van der Waals surface area contributed by atoms with Crippen molar-refractivity contribution in [3.8, 4) is 11.4 Å². The van der Waals surface area contributed by atoms with Crippen molar-refractivity contribution in [2.45, 2.75) is 0 Å². The molecule has 0 radical (unpaired) electrons. The van der Waals surface area contributed by atoms with Gasteiger partial charge in [-0.1, -0.05) is 16.8 Å². The summed E-state index contributed by atoms with van der Waals surface area (Å²) in [6, 6.07) is 4.06. The van der Waals surface area contributed by atoms with Crippen LogP contribution in [0.4, 0.5) is 4.39 Å². The largest absolute Gasteiger partial charge is 0.439 e. The van der Waals surface area contributed by atoms with E-state index in [9.17, 15) is 9.18 Å². The van der Waals surface area contributed by atoms with Gasteiger partial charge in [0.05, 0.1) is 5.02 Å². The average Bonchev–Trinajstić information content (AvgIpc) is 2.57. The van der Waals surface area contributed by atoms with Crippen molar-refractivity contribution < 1.29 is 8.91 Å². The van der Waals surface area contributed by atoms with Crippen molar-refractivity contribution in [3.05, 3.63) is 39.6 Å². The Bertz CT molecular complexity index is 520. The van der Waals surface area contributed by atoms with Gasteiger partial charge in [0.15, 0.2) is 5.82 Å². The van der Waals surface area contributed by atoms with Gasteiger partial charge in [0.1, 0.15) is 5.82 Å². The molecule has 1 aromatic carbocycles. The predicted octanol–water partition coefficient (Wildman–Crippen LogP) is 1.82. The van der Waals surface area contributed by atoms with Crippen LogP contribution in [0, 0.1) is 5.82 Å². The summed E-state index contributed by atoms with van der Waals surface area (Å²) in [6.45, 7) is 0. The van der Waals surface area contributed by atoms with Gasteiger partial charge in [-0.25, -0.2) is 9.18 Å². The number of aromatic amines is 1. The summed E-state index contributed by atoms with van der Waals surface area (Å²) >= 11 is 5.48. The van der Waals surface area contributed by atoms with Gasteiger partial charge < -0.3 is 0 Å². The van der Waals surface area contributed by atoms with Crippen molar-refractivity contribution in [2.75, 3.05) is 0 Å². The highest BCUT2D eigenvalue weighted by Gasteiger charge is 2.06. The maximum atomic E-state index is 13.0. The lowest BCUT2D eigenvalue weighted by molar-refractivity contribution is 0.388. The Morgan fingerprint density at radius 2 is 2.29 bits per heavy atom. The molecule has 6 heteroatoms. The van der Waals surface area contributed by atoms with Crippen LogP contribution in [0.5, 0.6) is 0 Å². The normalized spacial score (nSPS) is 10.4. The number of hydrogen-bond acceptors (Lipinski definition) is 3. The maximum Gasteiger partial charge on any atom is 0.439 e. The summed E-state index contributed by atoms with van der Waals surface area (Å²) in [5.41, 5.74) is 0.401. The Labute approximate surface area is 82.3 Å². The van der Waals surface area contributed by atoms with Crippen molar-refractivity contribution in [1.29, 1.82) is 0 Å². The monoisotopic (exact) mass is 214 g/mol. The molecule has 1 aromatic heterocycles. The molecule has 72 valence electrons. The molecule has 1 N–H and O–H groups in total. The molecule has 0 spiro atoms. The van der Waals surface area contributed by atoms with Gasteiger partial charge in [-0.05, 0) is 18.2 Å². The van der Waals surface area contributed by atoms with Crippen LogP contribution in [0.25, 0.3) is 11.4 Å². The number of rotatable bonds is 1. The third-order valence-electron chi connectivity index (χ3n) is 1.63. The Morgan fingerprint density at radius 3 is 2.86 bits per heavy atom. The highest BCUT2D eigenvalue weighted by Crippen LogP contribution is 2.20. The molecule has 0 saturated carbocycles. The van der Waals surface area contributed by atoms with E-state index in [4.69, 9.17) is 11.6 Å². The second kappa shape index (κ2) is 3.26. The minimum atomic E-state index is -0.685. The van der Waals surface area contributed by atoms with Crippen LogP contribution in [0.1, 0.15) is 0 Å². The van der Waals surface area contributed by atoms with Gasteiger partial charge >= 0.3 is 5.76 Å². The van der Waals surface area contributed by atoms with Gasteiger partial charge in [-0.2, -0.15) is 0 Å². The highest BCUT2D eigenvalue weighted by atomic mass is 35.5. The van der Waals surface area contributed by atoms with E-state index >= 15 is 0 Å². The number of nitrogens with zero attached hydrogens (tertiary/aromatic N) is 1. The van der Waals surface area contributed by atoms with Gasteiger partial charge in [-0.15, -0.1) is 0 Å². The van der Waals surface area contributed by atoms with E-state index in [0.29, 0.717) is 5.56 Å². The second-order valence-corrected chi connectivity index (χ2v) is 2.98. The highest BCUT2D eigenvalue weighted by molar-refractivity contribution is 6.30. The maximum absolute atomic E-state index is 13.0. The quantitative estimate of drug-likeness (QED) is 0.788. The van der Waals surface area contributed by atoms with Crippen LogP contribution < -0.4 is 5.76 Å². The fourth-order valence-electron chi connectivity index (χ4n) is 0.998. The summed E-state index contributed by atoms with van der Waals surface area (Å²) in [5, 5.41) is 3.42. The molecule has 0 aliphatic carbocycles. The molecule has 2 rings (SSSR count). The van der Waals surface area contributed by atoms with Crippen LogP contribution in [0.3, 0.4) is 0 Å². The molecule has 0 amide bonds. The lowest BCUT2D eigenvalue weighted by atomic mass is 10.2. The summed E-state index contributed by atoms with van der Waals surface area (Å²) in [4.78, 5) is 12.9. The van der Waals surface area contributed by atoms with Crippen LogP contribution >= 0.6 is 11.6 Å². The topological polar surface area (TPSA) is 58.9 Å². The molecule has 14 heavy (non-hydrogen) atoms. The van der Waals surface area contributed by atoms with Gasteiger partial charge in [0, 0.05) is 5.56 Å². The Kier molecular flexibility index (Phi) is 2.09. The number of benzene rings is 1. The van der Waals surface area contributed by atoms with Gasteiger partial charge in [-0.3, -0.25) is 9.51 Å². The first kappa shape index (κ1) is 8.96. The number of nitrogens with one attached hydrogen (secondary N) is 1. The average molecular weight is 215 g/mol. The zero-order valence-electron chi connectivity index (χ0n) is 6.75. The molecule has 0 atom stereocenters. The van der Waals surface area contributed by atoms with Crippen LogP contribution in [-0.2, 0) is 0 Å². The zero-order valence-corrected chi connectivity index (χ0v) is 7.51. The van der Waals surface area contributed by atoms with Crippen molar-refractivity contribution >= 4 is 11.6 Å². The van der Waals surface area contributed by atoms with Gasteiger partial charge in [0.2, 0.25) is 0 Å². The van der Waals surface area contributed by atoms with Crippen molar-refractivity contribution in [3.63, 3.8) is 0 Å². The van der Waals surface area contributed by atoms with E-state index in [2.05, 4.69) is 14.7 Å². The van der Waals surface area contributed by atoms with E-state index in [0.717, 1.165) is 6.07 Å². The summed E-state index contributed by atoms with van der Waals surface area (Å²) in [7, 11) is 0. The summed E-state index contributed by atoms with van der Waals surface area (Å²) in [5.74, 6) is -1.09. The standard InChI is InChI=1S/C8H4ClFN2O2/c9-5-2-1-4(3-6(5)10)7-11-8(13)14-12-7/h1-3H,(H,11,12,13). The first-order chi connectivity index (χ1) is 6.66. The van der Waals surface area contributed by atoms with E-state index in [1.165, 1.54) is 12.1 Å². The lowest BCUT2D eigenvalue weighted by Crippen LogP contribution is -1.94. The molecule has 2 aromatic rings. The fraction of sp³-hybridized carbons (Fsp3) is 0. The fourth-order valence-corrected chi connectivity index (χ4v) is 1.12. The smallest absolute Gasteiger partial charge is 0.296 e. The molecule has 4 nitrogen and oxygen atoms in total. The molecule has 0 bridgehead atoms. The molecule has 0 fully saturated rings. The minimum Gasteiger partial charge on any atom is -0.296 e. The van der Waals surface area contributed by atoms with Crippen LogP contribution in [0.2, 0.25) is 5.02 Å². The molecule has 0 saturated heterocycles. The first-order valence-electron chi connectivity index (χ1n) is 3.68. The lowest BCUT2D eigenvalue weighted by Gasteiger charge is -1.96. The molecule has 1 heterocycles. The Balaban J connectivity index is 2.52. The number of halogens is 2. The summed E-state index contributed by atoms with van der Waals surface area (Å²) < 4.78 is 17.3. The van der Waals surface area contributed by atoms with Crippen LogP contribution in [-0.4, -0.2) is 10.1 Å². The molecule has 0 aliphatic rings. The number of H-pyrrole nitrogens is 1. The van der Waals surface area contributed by atoms with Crippen LogP contribution in [0.15, 0.2) is 27.5 Å². The van der Waals surface area contributed by atoms with Crippen molar-refractivity contribution in [1.82, 2.24) is 10.1 Å². The number of aromatic nitrogens is 2. The summed E-state index contributed by atoms with van der Waals surface area (Å²) in [6.07, 6.45) is 0. The molecular formula is C8H4ClFN2O2. The third kappa shape index (κ3) is 1.54. The van der Waals surface area contributed by atoms with E-state index in [1.54, 1.807) is 0 Å². The van der Waals surface area contributed by atoms with Crippen molar-refractivity contribution in [2.24, 2.45) is 0 Å². The minimum absolute atomic E-state index is 0.0135. The van der Waals surface area contributed by atoms with E-state index in [-0.39, 0.29) is 10.8 Å². The van der Waals surface area contributed by atoms with Gasteiger partial charge in [0.25, 0.3) is 0 Å². The molecular weight excluding hydrogens is 211 g/mol. The Hall–Kier alpha value is -1.62. The SMILES string of the molecule is O=c1[nH]c(-c2ccc(Cl)c(F)c2)no1. The Morgan fingerprint density at radius 1 is 1.50 bits per heavy atom. The second-order valence-electron chi connectivity index (χ2n) is 2.57. The predicted molar refractivity (Wildman–Crippen MR) is 47.5 cm³/mol. The van der Waals surface area contributed by atoms with E-state index in [1.807, 2.05) is 0 Å². The third-order valence-corrected chi connectivity index (χ3v) is 1.94. The number of hydrogen-bond donors (Lipinski definition) is 1. The zero-order chi connectivity index (χ0) is 10.1. The molecule has 0 unspecified atom stereocenters.